The number of morpholine rings is 1. The summed E-state index contributed by atoms with van der Waals surface area (Å²) in [7, 11) is 0. The van der Waals surface area contributed by atoms with Crippen LogP contribution in [-0.4, -0.2) is 75.4 Å². The van der Waals surface area contributed by atoms with E-state index in [9.17, 15) is 14.7 Å². The highest BCUT2D eigenvalue weighted by Crippen LogP contribution is 2.40. The maximum absolute atomic E-state index is 13.3. The number of imidazole rings is 1. The first-order valence-corrected chi connectivity index (χ1v) is 11.5. The van der Waals surface area contributed by atoms with E-state index in [0.717, 1.165) is 18.7 Å². The lowest BCUT2D eigenvalue weighted by molar-refractivity contribution is -0.140. The molecule has 5 heterocycles. The number of ketones is 1. The number of fused-ring (bicyclic) bond motifs is 1. The molecule has 34 heavy (non-hydrogen) atoms. The minimum absolute atomic E-state index is 0.0210. The molecule has 0 aromatic carbocycles. The van der Waals surface area contributed by atoms with Crippen molar-refractivity contribution in [1.29, 1.82) is 0 Å². The largest absolute Gasteiger partial charge is 0.505 e. The second kappa shape index (κ2) is 8.73. The SMILES string of the molecule is Cc1ccc([C@H]2/C(=C(\O)c3c(C)nc4c(C)cccn34)C(=O)C(=O)N2CCN2CCOCC2)o1. The Morgan fingerprint density at radius 3 is 2.59 bits per heavy atom. The van der Waals surface area contributed by atoms with Gasteiger partial charge in [0, 0.05) is 32.4 Å². The number of furan rings is 1. The number of carbonyl (C=O) groups excluding carboxylic acids is 2. The smallest absolute Gasteiger partial charge is 0.295 e. The summed E-state index contributed by atoms with van der Waals surface area (Å²) in [6, 6.07) is 6.52. The minimum atomic E-state index is -0.815. The quantitative estimate of drug-likeness (QED) is 0.352. The molecule has 2 fully saturated rings. The van der Waals surface area contributed by atoms with Gasteiger partial charge in [-0.2, -0.15) is 0 Å². The Morgan fingerprint density at radius 1 is 1.12 bits per heavy atom. The first-order chi connectivity index (χ1) is 16.4. The zero-order valence-corrected chi connectivity index (χ0v) is 19.6. The van der Waals surface area contributed by atoms with Crippen molar-refractivity contribution in [2.75, 3.05) is 39.4 Å². The molecule has 3 aromatic rings. The summed E-state index contributed by atoms with van der Waals surface area (Å²) >= 11 is 0. The molecule has 0 aliphatic carbocycles. The fraction of sp³-hybridized carbons (Fsp3) is 0.400. The average molecular weight is 465 g/mol. The van der Waals surface area contributed by atoms with Crippen molar-refractivity contribution in [2.45, 2.75) is 26.8 Å². The summed E-state index contributed by atoms with van der Waals surface area (Å²) in [5.41, 5.74) is 2.62. The molecule has 2 aliphatic rings. The van der Waals surface area contributed by atoms with E-state index < -0.39 is 17.7 Å². The molecular weight excluding hydrogens is 436 g/mol. The highest BCUT2D eigenvalue weighted by atomic mass is 16.5. The Bertz CT molecular complexity index is 1300. The fourth-order valence-corrected chi connectivity index (χ4v) is 4.81. The molecule has 0 saturated carbocycles. The summed E-state index contributed by atoms with van der Waals surface area (Å²) in [5.74, 6) is -0.503. The maximum atomic E-state index is 13.3. The van der Waals surface area contributed by atoms with Gasteiger partial charge in [0.2, 0.25) is 0 Å². The number of Topliss-reactive ketones (excluding diaryl/α,β-unsaturated/α-hetero) is 1. The second-order valence-corrected chi connectivity index (χ2v) is 8.83. The Hall–Kier alpha value is -3.43. The first-order valence-electron chi connectivity index (χ1n) is 11.5. The van der Waals surface area contributed by atoms with E-state index in [-0.39, 0.29) is 11.3 Å². The molecule has 0 spiro atoms. The first kappa shape index (κ1) is 22.4. The third-order valence-corrected chi connectivity index (χ3v) is 6.58. The molecule has 178 valence electrons. The number of ether oxygens (including phenoxy) is 1. The van der Waals surface area contributed by atoms with Crippen LogP contribution in [0.5, 0.6) is 0 Å². The van der Waals surface area contributed by atoms with Gasteiger partial charge in [0.15, 0.2) is 5.76 Å². The van der Waals surface area contributed by atoms with Gasteiger partial charge < -0.3 is 19.2 Å². The Balaban J connectivity index is 1.61. The Kier molecular flexibility index (Phi) is 5.75. The van der Waals surface area contributed by atoms with Crippen molar-refractivity contribution < 1.29 is 23.8 Å². The zero-order valence-electron chi connectivity index (χ0n) is 19.6. The fourth-order valence-electron chi connectivity index (χ4n) is 4.81. The number of likely N-dealkylation sites (tertiary alicyclic amines) is 1. The normalized spacial score (nSPS) is 21.1. The Morgan fingerprint density at radius 2 is 1.88 bits per heavy atom. The van der Waals surface area contributed by atoms with Crippen molar-refractivity contribution in [2.24, 2.45) is 0 Å². The van der Waals surface area contributed by atoms with E-state index in [0.29, 0.717) is 54.9 Å². The summed E-state index contributed by atoms with van der Waals surface area (Å²) in [6.45, 7) is 9.28. The number of pyridine rings is 1. The molecule has 0 bridgehead atoms. The van der Waals surface area contributed by atoms with Gasteiger partial charge in [-0.15, -0.1) is 0 Å². The molecule has 3 aromatic heterocycles. The van der Waals surface area contributed by atoms with Gasteiger partial charge in [0.25, 0.3) is 11.7 Å². The molecule has 1 N–H and O–H groups in total. The van der Waals surface area contributed by atoms with Gasteiger partial charge in [-0.1, -0.05) is 6.07 Å². The molecule has 0 unspecified atom stereocenters. The standard InChI is InChI=1S/C25H28N4O5/c1-15-5-4-8-28-20(17(3)26-24(15)28)22(30)19-21(18-7-6-16(2)34-18)29(25(32)23(19)31)10-9-27-11-13-33-14-12-27/h4-8,21,30H,9-14H2,1-3H3/b22-19+/t21-/m0/s1. The molecule has 1 amide bonds. The topological polar surface area (TPSA) is 101 Å². The number of carbonyl (C=O) groups is 2. The van der Waals surface area contributed by atoms with Crippen LogP contribution in [-0.2, 0) is 14.3 Å². The predicted molar refractivity (Wildman–Crippen MR) is 124 cm³/mol. The molecule has 0 radical (unpaired) electrons. The summed E-state index contributed by atoms with van der Waals surface area (Å²) in [4.78, 5) is 34.8. The molecule has 9 nitrogen and oxygen atoms in total. The second-order valence-electron chi connectivity index (χ2n) is 8.83. The molecule has 5 rings (SSSR count). The van der Waals surface area contributed by atoms with Crippen molar-refractivity contribution in [3.8, 4) is 0 Å². The van der Waals surface area contributed by atoms with E-state index in [1.165, 1.54) is 4.90 Å². The van der Waals surface area contributed by atoms with Crippen LogP contribution in [0.2, 0.25) is 0 Å². The van der Waals surface area contributed by atoms with Crippen molar-refractivity contribution in [3.63, 3.8) is 0 Å². The number of rotatable bonds is 5. The average Bonchev–Trinajstić information content (AvgIpc) is 3.47. The number of hydrogen-bond donors (Lipinski definition) is 1. The van der Waals surface area contributed by atoms with Gasteiger partial charge in [-0.05, 0) is 44.5 Å². The van der Waals surface area contributed by atoms with Crippen molar-refractivity contribution in [3.05, 3.63) is 64.5 Å². The zero-order chi connectivity index (χ0) is 24.0. The lowest BCUT2D eigenvalue weighted by Crippen LogP contribution is -2.42. The van der Waals surface area contributed by atoms with Crippen molar-refractivity contribution in [1.82, 2.24) is 19.2 Å². The van der Waals surface area contributed by atoms with Gasteiger partial charge in [-0.3, -0.25) is 18.9 Å². The van der Waals surface area contributed by atoms with E-state index in [1.54, 1.807) is 36.6 Å². The molecular formula is C25H28N4O5. The van der Waals surface area contributed by atoms with Crippen LogP contribution >= 0.6 is 0 Å². The number of aromatic nitrogens is 2. The highest BCUT2D eigenvalue weighted by Gasteiger charge is 2.48. The Labute approximate surface area is 197 Å². The third-order valence-electron chi connectivity index (χ3n) is 6.58. The van der Waals surface area contributed by atoms with Crippen molar-refractivity contribution >= 4 is 23.1 Å². The van der Waals surface area contributed by atoms with Gasteiger partial charge >= 0.3 is 0 Å². The summed E-state index contributed by atoms with van der Waals surface area (Å²) < 4.78 is 13.0. The monoisotopic (exact) mass is 464 g/mol. The van der Waals surface area contributed by atoms with E-state index in [4.69, 9.17) is 9.15 Å². The van der Waals surface area contributed by atoms with Gasteiger partial charge in [-0.25, -0.2) is 4.98 Å². The van der Waals surface area contributed by atoms with Crippen LogP contribution in [0.3, 0.4) is 0 Å². The number of aliphatic hydroxyl groups excluding tert-OH is 1. The van der Waals surface area contributed by atoms with E-state index in [1.807, 2.05) is 19.1 Å². The highest BCUT2D eigenvalue weighted by molar-refractivity contribution is 6.46. The van der Waals surface area contributed by atoms with Crippen LogP contribution < -0.4 is 0 Å². The number of amides is 1. The van der Waals surface area contributed by atoms with Crippen LogP contribution in [0.15, 0.2) is 40.5 Å². The minimum Gasteiger partial charge on any atom is -0.505 e. The van der Waals surface area contributed by atoms with Crippen LogP contribution in [0, 0.1) is 20.8 Å². The molecule has 9 heteroatoms. The maximum Gasteiger partial charge on any atom is 0.295 e. The lowest BCUT2D eigenvalue weighted by Gasteiger charge is -2.30. The molecule has 2 aliphatic heterocycles. The predicted octanol–water partition coefficient (Wildman–Crippen LogP) is 2.61. The lowest BCUT2D eigenvalue weighted by atomic mass is 10.0. The number of hydrogen-bond acceptors (Lipinski definition) is 7. The van der Waals surface area contributed by atoms with Gasteiger partial charge in [0.05, 0.1) is 24.5 Å². The third kappa shape index (κ3) is 3.70. The van der Waals surface area contributed by atoms with Crippen LogP contribution in [0.25, 0.3) is 11.4 Å². The summed E-state index contributed by atoms with van der Waals surface area (Å²) in [6.07, 6.45) is 1.79. The van der Waals surface area contributed by atoms with Crippen LogP contribution in [0.4, 0.5) is 0 Å². The number of nitrogens with zero attached hydrogens (tertiary/aromatic N) is 4. The van der Waals surface area contributed by atoms with Crippen LogP contribution in [0.1, 0.15) is 34.5 Å². The summed E-state index contributed by atoms with van der Waals surface area (Å²) in [5, 5.41) is 11.5. The van der Waals surface area contributed by atoms with Gasteiger partial charge in [0.1, 0.15) is 28.9 Å². The number of aliphatic hydroxyl groups is 1. The van der Waals surface area contributed by atoms with E-state index in [2.05, 4.69) is 9.88 Å². The molecule has 1 atom stereocenters. The van der Waals surface area contributed by atoms with E-state index >= 15 is 0 Å². The molecule has 2 saturated heterocycles. The number of aryl methyl sites for hydroxylation is 3.